The molecule has 0 radical (unpaired) electrons. The van der Waals surface area contributed by atoms with Crippen LogP contribution < -0.4 is 9.47 Å². The molecule has 2 aromatic carbocycles. The van der Waals surface area contributed by atoms with Gasteiger partial charge in [0.25, 0.3) is 0 Å². The van der Waals surface area contributed by atoms with Crippen LogP contribution in [-0.4, -0.2) is 74.5 Å². The molecular formula is C24H29N3O3. The average Bonchev–Trinajstić information content (AvgIpc) is 2.77. The Morgan fingerprint density at radius 3 is 2.07 bits per heavy atom. The van der Waals surface area contributed by atoms with Crippen molar-refractivity contribution in [3.05, 3.63) is 60.2 Å². The van der Waals surface area contributed by atoms with Gasteiger partial charge < -0.3 is 14.2 Å². The van der Waals surface area contributed by atoms with Crippen LogP contribution in [0.1, 0.15) is 12.0 Å². The number of morpholine rings is 2. The molecule has 0 saturated carbocycles. The third kappa shape index (κ3) is 5.96. The monoisotopic (exact) mass is 407 g/mol. The molecule has 158 valence electrons. The number of para-hydroxylation sites is 1. The van der Waals surface area contributed by atoms with Gasteiger partial charge in [-0.15, -0.1) is 0 Å². The average molecular weight is 408 g/mol. The van der Waals surface area contributed by atoms with Crippen molar-refractivity contribution in [2.75, 3.05) is 52.5 Å². The van der Waals surface area contributed by atoms with E-state index in [9.17, 15) is 0 Å². The summed E-state index contributed by atoms with van der Waals surface area (Å²) in [5.74, 6) is 1.75. The molecule has 2 aromatic rings. The standard InChI is InChI=1S/C24H29N3O3/c25-15-20-7-9-22(10-8-20)28-13-4-11-26-16-23-18-27(19-24(17-26)30-23)12-14-29-21-5-2-1-3-6-21/h1-3,5-10,23-24H,4,11-14,16-19H2. The van der Waals surface area contributed by atoms with Crippen molar-refractivity contribution in [2.45, 2.75) is 18.6 Å². The van der Waals surface area contributed by atoms with Gasteiger partial charge in [-0.05, 0) is 42.8 Å². The molecule has 2 bridgehead atoms. The first kappa shape index (κ1) is 20.7. The van der Waals surface area contributed by atoms with Crippen molar-refractivity contribution in [2.24, 2.45) is 0 Å². The van der Waals surface area contributed by atoms with Crippen LogP contribution in [-0.2, 0) is 4.74 Å². The summed E-state index contributed by atoms with van der Waals surface area (Å²) in [6.45, 7) is 7.22. The van der Waals surface area contributed by atoms with Crippen molar-refractivity contribution >= 4 is 0 Å². The highest BCUT2D eigenvalue weighted by atomic mass is 16.5. The largest absolute Gasteiger partial charge is 0.494 e. The molecule has 0 amide bonds. The second-order valence-electron chi connectivity index (χ2n) is 7.90. The van der Waals surface area contributed by atoms with Gasteiger partial charge >= 0.3 is 0 Å². The van der Waals surface area contributed by atoms with Gasteiger partial charge in [0.1, 0.15) is 18.1 Å². The lowest BCUT2D eigenvalue weighted by atomic mass is 10.1. The predicted octanol–water partition coefficient (Wildman–Crippen LogP) is 2.79. The van der Waals surface area contributed by atoms with E-state index in [1.54, 1.807) is 12.1 Å². The van der Waals surface area contributed by atoms with E-state index in [1.807, 2.05) is 42.5 Å². The first-order valence-electron chi connectivity index (χ1n) is 10.7. The fraction of sp³-hybridized carbons (Fsp3) is 0.458. The predicted molar refractivity (Wildman–Crippen MR) is 115 cm³/mol. The van der Waals surface area contributed by atoms with Crippen LogP contribution in [0.2, 0.25) is 0 Å². The molecule has 2 heterocycles. The van der Waals surface area contributed by atoms with Gasteiger partial charge in [0.15, 0.2) is 0 Å². The van der Waals surface area contributed by atoms with Crippen molar-refractivity contribution in [3.63, 3.8) is 0 Å². The number of fused-ring (bicyclic) bond motifs is 2. The fourth-order valence-corrected chi connectivity index (χ4v) is 4.14. The van der Waals surface area contributed by atoms with Crippen molar-refractivity contribution < 1.29 is 14.2 Å². The summed E-state index contributed by atoms with van der Waals surface area (Å²) < 4.78 is 17.8. The quantitative estimate of drug-likeness (QED) is 0.596. The van der Waals surface area contributed by atoms with Crippen LogP contribution in [0, 0.1) is 11.3 Å². The minimum atomic E-state index is 0.272. The van der Waals surface area contributed by atoms with Crippen LogP contribution in [0.5, 0.6) is 11.5 Å². The lowest BCUT2D eigenvalue weighted by molar-refractivity contribution is -0.139. The maximum absolute atomic E-state index is 8.85. The number of rotatable bonds is 9. The van der Waals surface area contributed by atoms with Crippen LogP contribution in [0.3, 0.4) is 0 Å². The van der Waals surface area contributed by atoms with E-state index in [0.717, 1.165) is 57.2 Å². The highest BCUT2D eigenvalue weighted by Gasteiger charge is 2.34. The van der Waals surface area contributed by atoms with Crippen LogP contribution >= 0.6 is 0 Å². The second-order valence-corrected chi connectivity index (χ2v) is 7.90. The minimum absolute atomic E-state index is 0.272. The normalized spacial score (nSPS) is 21.7. The molecule has 2 atom stereocenters. The van der Waals surface area contributed by atoms with E-state index in [1.165, 1.54) is 0 Å². The molecular weight excluding hydrogens is 378 g/mol. The van der Waals surface area contributed by atoms with Gasteiger partial charge in [0.05, 0.1) is 30.4 Å². The van der Waals surface area contributed by atoms with Gasteiger partial charge in [-0.3, -0.25) is 9.80 Å². The number of nitrogens with zero attached hydrogens (tertiary/aromatic N) is 3. The molecule has 0 aromatic heterocycles. The molecule has 2 aliphatic rings. The van der Waals surface area contributed by atoms with Crippen molar-refractivity contribution in [1.29, 1.82) is 5.26 Å². The molecule has 2 saturated heterocycles. The van der Waals surface area contributed by atoms with Crippen LogP contribution in [0.15, 0.2) is 54.6 Å². The molecule has 4 rings (SSSR count). The Morgan fingerprint density at radius 2 is 1.40 bits per heavy atom. The van der Waals surface area contributed by atoms with E-state index in [0.29, 0.717) is 18.8 Å². The molecule has 0 aliphatic carbocycles. The molecule has 2 fully saturated rings. The summed E-state index contributed by atoms with van der Waals surface area (Å²) in [5, 5.41) is 8.85. The topological polar surface area (TPSA) is 58.0 Å². The molecule has 2 unspecified atom stereocenters. The van der Waals surface area contributed by atoms with Gasteiger partial charge in [-0.1, -0.05) is 18.2 Å². The van der Waals surface area contributed by atoms with Crippen LogP contribution in [0.4, 0.5) is 0 Å². The third-order valence-electron chi connectivity index (χ3n) is 5.52. The molecule has 6 nitrogen and oxygen atoms in total. The Hall–Kier alpha value is -2.59. The lowest BCUT2D eigenvalue weighted by Gasteiger charge is -2.45. The zero-order valence-electron chi connectivity index (χ0n) is 17.3. The summed E-state index contributed by atoms with van der Waals surface area (Å²) in [4.78, 5) is 4.96. The van der Waals surface area contributed by atoms with Crippen LogP contribution in [0.25, 0.3) is 0 Å². The van der Waals surface area contributed by atoms with E-state index in [-0.39, 0.29) is 12.2 Å². The second kappa shape index (κ2) is 10.4. The summed E-state index contributed by atoms with van der Waals surface area (Å²) in [6, 6.07) is 19.4. The zero-order chi connectivity index (χ0) is 20.6. The van der Waals surface area contributed by atoms with Gasteiger partial charge in [-0.25, -0.2) is 0 Å². The number of hydrogen-bond donors (Lipinski definition) is 0. The Balaban J connectivity index is 1.13. The molecule has 0 spiro atoms. The molecule has 30 heavy (non-hydrogen) atoms. The summed E-state index contributed by atoms with van der Waals surface area (Å²) in [7, 11) is 0. The van der Waals surface area contributed by atoms with Gasteiger partial charge in [0, 0.05) is 39.3 Å². The first-order valence-corrected chi connectivity index (χ1v) is 10.7. The lowest BCUT2D eigenvalue weighted by Crippen LogP contribution is -2.60. The molecule has 2 aliphatic heterocycles. The SMILES string of the molecule is N#Cc1ccc(OCCCN2CC3CN(CCOc4ccccc4)CC(C2)O3)cc1. The highest BCUT2D eigenvalue weighted by molar-refractivity contribution is 5.34. The Bertz CT molecular complexity index is 808. The molecule has 0 N–H and O–H groups in total. The highest BCUT2D eigenvalue weighted by Crippen LogP contribution is 2.20. The van der Waals surface area contributed by atoms with E-state index < -0.39 is 0 Å². The third-order valence-corrected chi connectivity index (χ3v) is 5.52. The van der Waals surface area contributed by atoms with E-state index >= 15 is 0 Å². The first-order chi connectivity index (χ1) is 14.8. The Kier molecular flexibility index (Phi) is 7.20. The number of benzene rings is 2. The molecule has 6 heteroatoms. The van der Waals surface area contributed by atoms with Gasteiger partial charge in [0.2, 0.25) is 0 Å². The van der Waals surface area contributed by atoms with Crippen molar-refractivity contribution in [3.8, 4) is 17.6 Å². The summed E-state index contributed by atoms with van der Waals surface area (Å²) >= 11 is 0. The Labute approximate surface area is 178 Å². The maximum Gasteiger partial charge on any atom is 0.119 e. The van der Waals surface area contributed by atoms with Crippen molar-refractivity contribution in [1.82, 2.24) is 9.80 Å². The number of nitriles is 1. The smallest absolute Gasteiger partial charge is 0.119 e. The van der Waals surface area contributed by atoms with Gasteiger partial charge in [-0.2, -0.15) is 5.26 Å². The fourth-order valence-electron chi connectivity index (χ4n) is 4.14. The zero-order valence-corrected chi connectivity index (χ0v) is 17.3. The Morgan fingerprint density at radius 1 is 0.800 bits per heavy atom. The maximum atomic E-state index is 8.85. The number of ether oxygens (including phenoxy) is 3. The minimum Gasteiger partial charge on any atom is -0.494 e. The van der Waals surface area contributed by atoms with E-state index in [4.69, 9.17) is 19.5 Å². The van der Waals surface area contributed by atoms with E-state index in [2.05, 4.69) is 15.9 Å². The number of hydrogen-bond acceptors (Lipinski definition) is 6. The summed E-state index contributed by atoms with van der Waals surface area (Å²) in [6.07, 6.45) is 1.52. The summed E-state index contributed by atoms with van der Waals surface area (Å²) in [5.41, 5.74) is 0.655.